The van der Waals surface area contributed by atoms with E-state index in [1.807, 2.05) is 0 Å². The van der Waals surface area contributed by atoms with Gasteiger partial charge in [0.05, 0.1) is 0 Å². The minimum Gasteiger partial charge on any atom is -0.382 e. The molecule has 0 amide bonds. The van der Waals surface area contributed by atoms with Crippen molar-refractivity contribution in [1.29, 1.82) is 0 Å². The third kappa shape index (κ3) is 3.79. The van der Waals surface area contributed by atoms with Crippen molar-refractivity contribution in [2.75, 3.05) is 18.4 Å². The van der Waals surface area contributed by atoms with Crippen LogP contribution in [-0.4, -0.2) is 24.0 Å². The van der Waals surface area contributed by atoms with Crippen molar-refractivity contribution in [3.05, 3.63) is 29.8 Å². The maximum atomic E-state index is 3.79. The molecular formula is C19H30N2. The summed E-state index contributed by atoms with van der Waals surface area (Å²) >= 11 is 0. The molecule has 1 aliphatic carbocycles. The number of benzene rings is 1. The summed E-state index contributed by atoms with van der Waals surface area (Å²) in [5.41, 5.74) is 2.75. The molecule has 0 bridgehead atoms. The third-order valence-electron chi connectivity index (χ3n) is 5.44. The molecule has 2 aliphatic rings. The van der Waals surface area contributed by atoms with Gasteiger partial charge in [0.1, 0.15) is 0 Å². The molecular weight excluding hydrogens is 256 g/mol. The van der Waals surface area contributed by atoms with Gasteiger partial charge in [-0.05, 0) is 68.3 Å². The summed E-state index contributed by atoms with van der Waals surface area (Å²) in [6.45, 7) is 8.47. The second-order valence-corrected chi connectivity index (χ2v) is 7.24. The van der Waals surface area contributed by atoms with Gasteiger partial charge in [0, 0.05) is 18.3 Å². The first kappa shape index (κ1) is 14.9. The lowest BCUT2D eigenvalue weighted by Crippen LogP contribution is -2.37. The molecule has 3 rings (SSSR count). The Morgan fingerprint density at radius 3 is 2.19 bits per heavy atom. The van der Waals surface area contributed by atoms with Crippen molar-refractivity contribution in [1.82, 2.24) is 4.90 Å². The molecule has 1 N–H and O–H groups in total. The summed E-state index contributed by atoms with van der Waals surface area (Å²) < 4.78 is 0. The molecule has 116 valence electrons. The highest BCUT2D eigenvalue weighted by Crippen LogP contribution is 2.31. The fourth-order valence-electron chi connectivity index (χ4n) is 4.06. The van der Waals surface area contributed by atoms with Gasteiger partial charge in [-0.1, -0.05) is 32.4 Å². The van der Waals surface area contributed by atoms with Crippen LogP contribution in [0.5, 0.6) is 0 Å². The fraction of sp³-hybridized carbons (Fsp3) is 0.684. The third-order valence-corrected chi connectivity index (χ3v) is 5.44. The Morgan fingerprint density at radius 1 is 0.952 bits per heavy atom. The normalized spacial score (nSPS) is 30.5. The Balaban J connectivity index is 1.58. The van der Waals surface area contributed by atoms with E-state index in [1.54, 1.807) is 0 Å². The average Bonchev–Trinajstić information content (AvgIpc) is 2.98. The first-order chi connectivity index (χ1) is 10.2. The fourth-order valence-corrected chi connectivity index (χ4v) is 4.06. The molecule has 0 spiro atoms. The topological polar surface area (TPSA) is 15.3 Å². The van der Waals surface area contributed by atoms with Gasteiger partial charge >= 0.3 is 0 Å². The molecule has 1 aliphatic heterocycles. The highest BCUT2D eigenvalue weighted by atomic mass is 15.1. The first-order valence-electron chi connectivity index (χ1n) is 8.80. The second kappa shape index (κ2) is 6.83. The molecule has 2 atom stereocenters. The summed E-state index contributed by atoms with van der Waals surface area (Å²) in [6, 6.07) is 9.81. The van der Waals surface area contributed by atoms with Gasteiger partial charge in [-0.2, -0.15) is 0 Å². The van der Waals surface area contributed by atoms with Gasteiger partial charge in [0.25, 0.3) is 0 Å². The summed E-state index contributed by atoms with van der Waals surface area (Å²) in [5, 5.41) is 3.79. The monoisotopic (exact) mass is 286 g/mol. The highest BCUT2D eigenvalue weighted by molar-refractivity contribution is 5.45. The number of nitrogens with zero attached hydrogens (tertiary/aromatic N) is 1. The molecule has 2 unspecified atom stereocenters. The second-order valence-electron chi connectivity index (χ2n) is 7.24. The van der Waals surface area contributed by atoms with E-state index in [0.717, 1.165) is 18.4 Å². The maximum Gasteiger partial charge on any atom is 0.0342 e. The van der Waals surface area contributed by atoms with Crippen LogP contribution in [0.1, 0.15) is 51.5 Å². The zero-order chi connectivity index (χ0) is 14.7. The number of nitrogens with one attached hydrogen (secondary N) is 1. The van der Waals surface area contributed by atoms with Gasteiger partial charge in [-0.3, -0.25) is 4.90 Å². The van der Waals surface area contributed by atoms with E-state index in [2.05, 4.69) is 48.3 Å². The number of anilines is 1. The molecule has 1 heterocycles. The smallest absolute Gasteiger partial charge is 0.0342 e. The molecule has 0 aromatic heterocycles. The Labute approximate surface area is 129 Å². The standard InChI is InChI=1S/C19H30N2/c1-15-6-5-7-16(2)19(15)20-18-10-8-17(9-11-18)14-21-12-3-4-13-21/h8-11,15-16,19-20H,3-7,12-14H2,1-2H3. The lowest BCUT2D eigenvalue weighted by molar-refractivity contribution is 0.268. The van der Waals surface area contributed by atoms with E-state index in [-0.39, 0.29) is 0 Å². The highest BCUT2D eigenvalue weighted by Gasteiger charge is 2.27. The van der Waals surface area contributed by atoms with Crippen molar-refractivity contribution >= 4 is 5.69 Å². The Morgan fingerprint density at radius 2 is 1.57 bits per heavy atom. The summed E-state index contributed by atoms with van der Waals surface area (Å²) in [5.74, 6) is 1.58. The Bertz CT molecular complexity index is 423. The van der Waals surface area contributed by atoms with Gasteiger partial charge in [0.15, 0.2) is 0 Å². The Kier molecular flexibility index (Phi) is 4.84. The van der Waals surface area contributed by atoms with Gasteiger partial charge in [0.2, 0.25) is 0 Å². The number of hydrogen-bond acceptors (Lipinski definition) is 2. The zero-order valence-electron chi connectivity index (χ0n) is 13.6. The van der Waals surface area contributed by atoms with Crippen LogP contribution < -0.4 is 5.32 Å². The van der Waals surface area contributed by atoms with E-state index >= 15 is 0 Å². The van der Waals surface area contributed by atoms with E-state index in [4.69, 9.17) is 0 Å². The lowest BCUT2D eigenvalue weighted by atomic mass is 9.78. The molecule has 21 heavy (non-hydrogen) atoms. The van der Waals surface area contributed by atoms with Crippen LogP contribution in [0.25, 0.3) is 0 Å². The Hall–Kier alpha value is -1.02. The summed E-state index contributed by atoms with van der Waals surface area (Å²) in [7, 11) is 0. The van der Waals surface area contributed by atoms with E-state index in [9.17, 15) is 0 Å². The van der Waals surface area contributed by atoms with E-state index in [1.165, 1.54) is 56.4 Å². The SMILES string of the molecule is CC1CCCC(C)C1Nc1ccc(CN2CCCC2)cc1. The number of rotatable bonds is 4. The molecule has 2 heteroatoms. The van der Waals surface area contributed by atoms with Crippen LogP contribution in [0, 0.1) is 11.8 Å². The van der Waals surface area contributed by atoms with Gasteiger partial charge in [-0.15, -0.1) is 0 Å². The predicted molar refractivity (Wildman–Crippen MR) is 90.5 cm³/mol. The van der Waals surface area contributed by atoms with Gasteiger partial charge in [-0.25, -0.2) is 0 Å². The summed E-state index contributed by atoms with van der Waals surface area (Å²) in [4.78, 5) is 2.56. The molecule has 2 nitrogen and oxygen atoms in total. The quantitative estimate of drug-likeness (QED) is 0.875. The molecule has 2 fully saturated rings. The van der Waals surface area contributed by atoms with Crippen molar-refractivity contribution in [3.8, 4) is 0 Å². The predicted octanol–water partition coefficient (Wildman–Crippen LogP) is 4.52. The molecule has 0 radical (unpaired) electrons. The average molecular weight is 286 g/mol. The van der Waals surface area contributed by atoms with Crippen LogP contribution in [0.4, 0.5) is 5.69 Å². The minimum atomic E-state index is 0.642. The van der Waals surface area contributed by atoms with Crippen molar-refractivity contribution in [2.45, 2.75) is 58.5 Å². The maximum absolute atomic E-state index is 3.79. The van der Waals surface area contributed by atoms with Crippen LogP contribution >= 0.6 is 0 Å². The molecule has 1 aromatic rings. The van der Waals surface area contributed by atoms with Crippen molar-refractivity contribution in [3.63, 3.8) is 0 Å². The van der Waals surface area contributed by atoms with Crippen molar-refractivity contribution in [2.24, 2.45) is 11.8 Å². The van der Waals surface area contributed by atoms with Crippen molar-refractivity contribution < 1.29 is 0 Å². The van der Waals surface area contributed by atoms with Crippen LogP contribution in [-0.2, 0) is 6.54 Å². The lowest BCUT2D eigenvalue weighted by Gasteiger charge is -2.36. The summed E-state index contributed by atoms with van der Waals surface area (Å²) in [6.07, 6.45) is 6.88. The molecule has 1 saturated carbocycles. The number of hydrogen-bond donors (Lipinski definition) is 1. The van der Waals surface area contributed by atoms with Crippen LogP contribution in [0.2, 0.25) is 0 Å². The van der Waals surface area contributed by atoms with Crippen LogP contribution in [0.3, 0.4) is 0 Å². The molecule has 1 saturated heterocycles. The molecule has 1 aromatic carbocycles. The zero-order valence-corrected chi connectivity index (χ0v) is 13.6. The van der Waals surface area contributed by atoms with Gasteiger partial charge < -0.3 is 5.32 Å². The largest absolute Gasteiger partial charge is 0.382 e. The van der Waals surface area contributed by atoms with E-state index in [0.29, 0.717) is 6.04 Å². The number of likely N-dealkylation sites (tertiary alicyclic amines) is 1. The minimum absolute atomic E-state index is 0.642. The van der Waals surface area contributed by atoms with E-state index < -0.39 is 0 Å². The first-order valence-corrected chi connectivity index (χ1v) is 8.80. The van der Waals surface area contributed by atoms with Crippen LogP contribution in [0.15, 0.2) is 24.3 Å².